The Hall–Kier alpha value is 0.830. The molecule has 0 bridgehead atoms. The van der Waals surface area contributed by atoms with Crippen LogP contribution in [0.3, 0.4) is 0 Å². The van der Waals surface area contributed by atoms with Crippen molar-refractivity contribution >= 4 is 31.2 Å². The van der Waals surface area contributed by atoms with Crippen molar-refractivity contribution < 1.29 is 4.52 Å². The molecule has 0 amide bonds. The van der Waals surface area contributed by atoms with Gasteiger partial charge in [0.25, 0.3) is 0 Å². The van der Waals surface area contributed by atoms with Gasteiger partial charge in [-0.3, -0.25) is 0 Å². The average Bonchev–Trinajstić information content (AvgIpc) is 2.42. The molecule has 1 nitrogen and oxygen atoms in total. The fraction of sp³-hybridized carbons (Fsp3) is 1.00. The molecule has 1 fully saturated rings. The zero-order valence-corrected chi connectivity index (χ0v) is 6.19. The van der Waals surface area contributed by atoms with E-state index in [1.807, 2.05) is 11.8 Å². The highest BCUT2D eigenvalue weighted by Crippen LogP contribution is 2.30. The fourth-order valence-electron chi connectivity index (χ4n) is 0.278. The average molecular weight is 152 g/mol. The minimum absolute atomic E-state index is 0.650. The number of rotatable bonds is 3. The topological polar surface area (TPSA) is 9.23 Å². The van der Waals surface area contributed by atoms with E-state index >= 15 is 0 Å². The first-order valence-electron chi connectivity index (χ1n) is 1.99. The third-order valence-electron chi connectivity index (χ3n) is 0.716. The molecule has 7 heavy (non-hydrogen) atoms. The number of hydrogen-bond acceptors (Lipinski definition) is 3. The molecular formula is C3H5OPS2. The van der Waals surface area contributed by atoms with Crippen molar-refractivity contribution in [3.63, 3.8) is 0 Å². The van der Waals surface area contributed by atoms with E-state index in [1.54, 1.807) is 0 Å². The number of thioether (sulfide) groups is 1. The van der Waals surface area contributed by atoms with Crippen molar-refractivity contribution in [2.75, 3.05) is 12.4 Å². The Morgan fingerprint density at radius 3 is 3.14 bits per heavy atom. The van der Waals surface area contributed by atoms with Crippen LogP contribution in [0, 0.1) is 0 Å². The molecule has 0 aromatic heterocycles. The molecule has 4 heteroatoms. The van der Waals surface area contributed by atoms with Crippen LogP contribution >= 0.6 is 19.3 Å². The van der Waals surface area contributed by atoms with Crippen molar-refractivity contribution in [2.24, 2.45) is 0 Å². The summed E-state index contributed by atoms with van der Waals surface area (Å²) in [5.74, 6) is 1.27. The normalized spacial score (nSPS) is 28.3. The summed E-state index contributed by atoms with van der Waals surface area (Å²) >= 11 is 6.47. The van der Waals surface area contributed by atoms with Crippen LogP contribution in [0.4, 0.5) is 0 Å². The second kappa shape index (κ2) is 2.98. The lowest BCUT2D eigenvalue weighted by molar-refractivity contribution is 0.386. The van der Waals surface area contributed by atoms with E-state index in [0.29, 0.717) is 7.58 Å². The van der Waals surface area contributed by atoms with Gasteiger partial charge in [-0.2, -0.15) is 11.8 Å². The van der Waals surface area contributed by atoms with Gasteiger partial charge < -0.3 is 4.52 Å². The lowest BCUT2D eigenvalue weighted by Gasteiger charge is -1.85. The van der Waals surface area contributed by atoms with E-state index in [-0.39, 0.29) is 0 Å². The highest BCUT2D eigenvalue weighted by molar-refractivity contribution is 8.06. The highest BCUT2D eigenvalue weighted by Gasteiger charge is 2.21. The molecule has 1 saturated heterocycles. The van der Waals surface area contributed by atoms with Crippen molar-refractivity contribution in [1.29, 1.82) is 0 Å². The molecule has 1 rings (SSSR count). The Kier molecular flexibility index (Phi) is 2.53. The Bertz CT molecular complexity index is 73.3. The largest absolute Gasteiger partial charge is 0.316 e. The van der Waals surface area contributed by atoms with E-state index < -0.39 is 0 Å². The first-order chi connectivity index (χ1) is 3.43. The summed E-state index contributed by atoms with van der Waals surface area (Å²) in [4.78, 5) is 0. The first-order valence-corrected chi connectivity index (χ1v) is 4.87. The molecular weight excluding hydrogens is 147 g/mol. The van der Waals surface area contributed by atoms with Gasteiger partial charge >= 0.3 is 0 Å². The first kappa shape index (κ1) is 5.96. The van der Waals surface area contributed by atoms with Gasteiger partial charge in [0.2, 0.25) is 0 Å². The minimum atomic E-state index is 0.650. The molecule has 1 heterocycles. The van der Waals surface area contributed by atoms with Crippen LogP contribution in [0.5, 0.6) is 0 Å². The summed E-state index contributed by atoms with van der Waals surface area (Å²) in [5, 5.41) is 0.774. The fourth-order valence-corrected chi connectivity index (χ4v) is 1.20. The number of hydrogen-bond donors (Lipinski definition) is 0. The van der Waals surface area contributed by atoms with Gasteiger partial charge in [0.05, 0.1) is 6.61 Å². The summed E-state index contributed by atoms with van der Waals surface area (Å²) in [6.45, 7) is 0.857. The molecule has 1 unspecified atom stereocenters. The van der Waals surface area contributed by atoms with Gasteiger partial charge in [0.15, 0.2) is 0 Å². The summed E-state index contributed by atoms with van der Waals surface area (Å²) in [6, 6.07) is 0. The van der Waals surface area contributed by atoms with Gasteiger partial charge in [0.1, 0.15) is 7.58 Å². The molecule has 0 aliphatic carbocycles. The predicted octanol–water partition coefficient (Wildman–Crippen LogP) is 1.44. The maximum atomic E-state index is 4.92. The van der Waals surface area contributed by atoms with Crippen LogP contribution in [0.25, 0.3) is 0 Å². The van der Waals surface area contributed by atoms with Crippen molar-refractivity contribution in [2.45, 2.75) is 5.25 Å². The van der Waals surface area contributed by atoms with E-state index in [2.05, 4.69) is 11.8 Å². The predicted molar refractivity (Wildman–Crippen MR) is 36.5 cm³/mol. The third kappa shape index (κ3) is 2.60. The van der Waals surface area contributed by atoms with Crippen molar-refractivity contribution in [3.8, 4) is 0 Å². The zero-order chi connectivity index (χ0) is 5.11. The van der Waals surface area contributed by atoms with E-state index in [9.17, 15) is 0 Å². The van der Waals surface area contributed by atoms with Crippen LogP contribution in [0.15, 0.2) is 0 Å². The van der Waals surface area contributed by atoms with Crippen molar-refractivity contribution in [3.05, 3.63) is 0 Å². The van der Waals surface area contributed by atoms with E-state index in [1.165, 1.54) is 5.75 Å². The lowest BCUT2D eigenvalue weighted by Crippen LogP contribution is -1.89. The smallest absolute Gasteiger partial charge is 0.136 e. The Labute approximate surface area is 53.7 Å². The molecule has 1 atom stereocenters. The van der Waals surface area contributed by atoms with Crippen LogP contribution in [-0.4, -0.2) is 17.6 Å². The van der Waals surface area contributed by atoms with Gasteiger partial charge in [-0.25, -0.2) is 0 Å². The van der Waals surface area contributed by atoms with Gasteiger partial charge in [0, 0.05) is 11.0 Å². The molecule has 0 aromatic rings. The summed E-state index contributed by atoms with van der Waals surface area (Å²) in [6.07, 6.45) is 0. The van der Waals surface area contributed by atoms with Crippen molar-refractivity contribution in [1.82, 2.24) is 0 Å². The molecule has 40 valence electrons. The lowest BCUT2D eigenvalue weighted by atomic mass is 10.5. The molecule has 0 spiro atoms. The van der Waals surface area contributed by atoms with E-state index in [0.717, 1.165) is 11.9 Å². The summed E-state index contributed by atoms with van der Waals surface area (Å²) < 4.78 is 4.92. The molecule has 1 aliphatic rings. The van der Waals surface area contributed by atoms with Crippen LogP contribution in [0.2, 0.25) is 0 Å². The second-order valence-corrected chi connectivity index (χ2v) is 3.51. The maximum absolute atomic E-state index is 4.92. The maximum Gasteiger partial charge on any atom is 0.136 e. The SMILES string of the molecule is S=POCC1CS1. The standard InChI is InChI=1S/C3H5OPS2/c6-5-4-1-3-2-7-3/h3H,1-2H2. The monoisotopic (exact) mass is 152 g/mol. The van der Waals surface area contributed by atoms with Crippen LogP contribution in [-0.2, 0) is 16.3 Å². The molecule has 0 radical (unpaired) electrons. The Balaban J connectivity index is 1.88. The Morgan fingerprint density at radius 1 is 2.00 bits per heavy atom. The quantitative estimate of drug-likeness (QED) is 0.447. The third-order valence-corrected chi connectivity index (χ3v) is 2.23. The van der Waals surface area contributed by atoms with Gasteiger partial charge in [-0.15, -0.1) is 0 Å². The zero-order valence-electron chi connectivity index (χ0n) is 3.66. The van der Waals surface area contributed by atoms with Gasteiger partial charge in [-0.1, -0.05) is 0 Å². The molecule has 0 aromatic carbocycles. The van der Waals surface area contributed by atoms with Crippen LogP contribution in [0.1, 0.15) is 0 Å². The summed E-state index contributed by atoms with van der Waals surface area (Å²) in [5.41, 5.74) is 0. The molecule has 0 saturated carbocycles. The second-order valence-electron chi connectivity index (χ2n) is 1.33. The molecule has 0 N–H and O–H groups in total. The summed E-state index contributed by atoms with van der Waals surface area (Å²) in [7, 11) is 0.650. The Morgan fingerprint density at radius 2 is 2.71 bits per heavy atom. The van der Waals surface area contributed by atoms with Crippen LogP contribution < -0.4 is 0 Å². The van der Waals surface area contributed by atoms with E-state index in [4.69, 9.17) is 4.52 Å². The minimum Gasteiger partial charge on any atom is -0.316 e. The molecule has 1 aliphatic heterocycles. The highest BCUT2D eigenvalue weighted by atomic mass is 32.4. The van der Waals surface area contributed by atoms with Gasteiger partial charge in [-0.05, 0) is 11.8 Å².